The molecule has 2 saturated heterocycles. The molecule has 0 aromatic carbocycles. The van der Waals surface area contributed by atoms with Crippen molar-refractivity contribution in [1.29, 1.82) is 0 Å². The van der Waals surface area contributed by atoms with Gasteiger partial charge in [-0.25, -0.2) is 0 Å². The number of carbonyl (C=O) groups excluding carboxylic acids is 2. The molecule has 3 aliphatic rings. The molecule has 4 rings (SSSR count). The fourth-order valence-electron chi connectivity index (χ4n) is 4.59. The average Bonchev–Trinajstić information content (AvgIpc) is 3.50. The lowest BCUT2D eigenvalue weighted by molar-refractivity contribution is -0.143. The molecule has 146 valence electrons. The first-order valence-electron chi connectivity index (χ1n) is 10.2. The van der Waals surface area contributed by atoms with Gasteiger partial charge in [-0.1, -0.05) is 6.07 Å². The monoisotopic (exact) mass is 370 g/mol. The number of amides is 2. The van der Waals surface area contributed by atoms with Crippen LogP contribution >= 0.6 is 0 Å². The molecule has 2 amide bonds. The van der Waals surface area contributed by atoms with Gasteiger partial charge in [0, 0.05) is 51.0 Å². The highest BCUT2D eigenvalue weighted by Crippen LogP contribution is 2.43. The first kappa shape index (κ1) is 18.4. The zero-order valence-corrected chi connectivity index (χ0v) is 16.3. The summed E-state index contributed by atoms with van der Waals surface area (Å²) in [5.74, 6) is 0.556. The summed E-state index contributed by atoms with van der Waals surface area (Å²) in [4.78, 5) is 35.3. The third-order valence-corrected chi connectivity index (χ3v) is 6.44. The van der Waals surface area contributed by atoms with Gasteiger partial charge < -0.3 is 9.80 Å². The molecular formula is C21H30N4O2. The van der Waals surface area contributed by atoms with Gasteiger partial charge in [-0.05, 0) is 56.2 Å². The zero-order valence-electron chi connectivity index (χ0n) is 16.3. The lowest BCUT2D eigenvalue weighted by atomic mass is 9.72. The molecule has 0 bridgehead atoms. The van der Waals surface area contributed by atoms with Crippen LogP contribution < -0.4 is 0 Å². The third kappa shape index (κ3) is 4.32. The lowest BCUT2D eigenvalue weighted by Crippen LogP contribution is -2.53. The van der Waals surface area contributed by atoms with Gasteiger partial charge in [0.1, 0.15) is 0 Å². The molecule has 1 aliphatic carbocycles. The van der Waals surface area contributed by atoms with Crippen molar-refractivity contribution in [2.45, 2.75) is 51.1 Å². The molecule has 27 heavy (non-hydrogen) atoms. The minimum Gasteiger partial charge on any atom is -0.342 e. The Hall–Kier alpha value is -1.95. The summed E-state index contributed by atoms with van der Waals surface area (Å²) in [7, 11) is 1.98. The van der Waals surface area contributed by atoms with E-state index >= 15 is 0 Å². The van der Waals surface area contributed by atoms with E-state index in [4.69, 9.17) is 0 Å². The number of carbonyl (C=O) groups is 2. The van der Waals surface area contributed by atoms with Crippen LogP contribution in [0.4, 0.5) is 0 Å². The van der Waals surface area contributed by atoms with Gasteiger partial charge in [0.2, 0.25) is 11.8 Å². The summed E-state index contributed by atoms with van der Waals surface area (Å²) in [6.07, 6.45) is 9.72. The summed E-state index contributed by atoms with van der Waals surface area (Å²) >= 11 is 0. The zero-order chi connectivity index (χ0) is 18.9. The highest BCUT2D eigenvalue weighted by molar-refractivity contribution is 5.79. The van der Waals surface area contributed by atoms with Crippen LogP contribution in [0.5, 0.6) is 0 Å². The van der Waals surface area contributed by atoms with Crippen LogP contribution in [0.15, 0.2) is 24.5 Å². The molecule has 6 nitrogen and oxygen atoms in total. The van der Waals surface area contributed by atoms with E-state index in [0.29, 0.717) is 24.9 Å². The van der Waals surface area contributed by atoms with Crippen LogP contribution in [0.3, 0.4) is 0 Å². The summed E-state index contributed by atoms with van der Waals surface area (Å²) < 4.78 is 0. The van der Waals surface area contributed by atoms with E-state index in [-0.39, 0.29) is 11.3 Å². The third-order valence-electron chi connectivity index (χ3n) is 6.44. The van der Waals surface area contributed by atoms with Gasteiger partial charge in [0.25, 0.3) is 0 Å². The molecule has 3 heterocycles. The SMILES string of the molecule is CN(CC(=O)N1CCC2(CCC(=O)N(C3CC3)C2)CC1)Cc1cccnc1. The Labute approximate surface area is 161 Å². The number of nitrogens with zero attached hydrogens (tertiary/aromatic N) is 4. The summed E-state index contributed by atoms with van der Waals surface area (Å²) in [6, 6.07) is 4.47. The lowest BCUT2D eigenvalue weighted by Gasteiger charge is -2.47. The summed E-state index contributed by atoms with van der Waals surface area (Å²) in [5.41, 5.74) is 1.37. The number of aromatic nitrogens is 1. The smallest absolute Gasteiger partial charge is 0.236 e. The minimum absolute atomic E-state index is 0.210. The van der Waals surface area contributed by atoms with Gasteiger partial charge in [0.15, 0.2) is 0 Å². The topological polar surface area (TPSA) is 56.8 Å². The molecule has 1 aromatic heterocycles. The van der Waals surface area contributed by atoms with E-state index < -0.39 is 0 Å². The first-order valence-corrected chi connectivity index (χ1v) is 10.2. The molecule has 0 atom stereocenters. The Morgan fingerprint density at radius 1 is 1.30 bits per heavy atom. The molecular weight excluding hydrogens is 340 g/mol. The molecule has 1 aromatic rings. The number of likely N-dealkylation sites (N-methyl/N-ethyl adjacent to an activating group) is 1. The van der Waals surface area contributed by atoms with Crippen LogP contribution in [-0.4, -0.2) is 70.8 Å². The maximum Gasteiger partial charge on any atom is 0.236 e. The van der Waals surface area contributed by atoms with Gasteiger partial charge in [-0.3, -0.25) is 19.5 Å². The Kier molecular flexibility index (Phi) is 5.17. The van der Waals surface area contributed by atoms with E-state index in [0.717, 1.165) is 51.0 Å². The second-order valence-electron chi connectivity index (χ2n) is 8.67. The van der Waals surface area contributed by atoms with Gasteiger partial charge in [0.05, 0.1) is 6.54 Å². The molecule has 0 unspecified atom stereocenters. The largest absolute Gasteiger partial charge is 0.342 e. The van der Waals surface area contributed by atoms with Crippen molar-refractivity contribution in [2.75, 3.05) is 33.2 Å². The minimum atomic E-state index is 0.210. The predicted molar refractivity (Wildman–Crippen MR) is 103 cm³/mol. The Morgan fingerprint density at radius 3 is 2.74 bits per heavy atom. The second kappa shape index (κ2) is 7.58. The average molecular weight is 370 g/mol. The molecule has 2 aliphatic heterocycles. The predicted octanol–water partition coefficient (Wildman–Crippen LogP) is 1.91. The number of likely N-dealkylation sites (tertiary alicyclic amines) is 2. The Morgan fingerprint density at radius 2 is 2.07 bits per heavy atom. The van der Waals surface area contributed by atoms with Crippen molar-refractivity contribution in [1.82, 2.24) is 19.7 Å². The van der Waals surface area contributed by atoms with Crippen molar-refractivity contribution in [3.63, 3.8) is 0 Å². The van der Waals surface area contributed by atoms with E-state index in [2.05, 4.69) is 14.8 Å². The van der Waals surface area contributed by atoms with Crippen molar-refractivity contribution in [3.8, 4) is 0 Å². The van der Waals surface area contributed by atoms with Crippen LogP contribution in [0, 0.1) is 5.41 Å². The maximum absolute atomic E-state index is 12.7. The first-order chi connectivity index (χ1) is 13.0. The fraction of sp³-hybridized carbons (Fsp3) is 0.667. The standard InChI is InChI=1S/C21H30N4O2/c1-23(14-17-3-2-10-22-13-17)15-20(27)24-11-8-21(9-12-24)7-6-19(26)25(16-21)18-4-5-18/h2-3,10,13,18H,4-9,11-12,14-16H2,1H3. The van der Waals surface area contributed by atoms with Crippen LogP contribution in [0.25, 0.3) is 0 Å². The van der Waals surface area contributed by atoms with E-state index in [1.165, 1.54) is 12.8 Å². The number of pyridine rings is 1. The number of piperidine rings is 2. The van der Waals surface area contributed by atoms with Crippen molar-refractivity contribution in [2.24, 2.45) is 5.41 Å². The normalized spacial score (nSPS) is 22.5. The quantitative estimate of drug-likeness (QED) is 0.794. The molecule has 0 N–H and O–H groups in total. The highest BCUT2D eigenvalue weighted by Gasteiger charge is 2.45. The molecule has 1 spiro atoms. The molecule has 1 saturated carbocycles. The van der Waals surface area contributed by atoms with Gasteiger partial charge >= 0.3 is 0 Å². The molecule has 3 fully saturated rings. The summed E-state index contributed by atoms with van der Waals surface area (Å²) in [5, 5.41) is 0. The fourth-order valence-corrected chi connectivity index (χ4v) is 4.59. The Bertz CT molecular complexity index is 681. The van der Waals surface area contributed by atoms with Crippen molar-refractivity contribution in [3.05, 3.63) is 30.1 Å². The van der Waals surface area contributed by atoms with E-state index in [1.807, 2.05) is 30.3 Å². The molecule has 6 heteroatoms. The second-order valence-corrected chi connectivity index (χ2v) is 8.67. The van der Waals surface area contributed by atoms with Crippen molar-refractivity contribution >= 4 is 11.8 Å². The highest BCUT2D eigenvalue weighted by atomic mass is 16.2. The Balaban J connectivity index is 1.27. The van der Waals surface area contributed by atoms with Gasteiger partial charge in [-0.15, -0.1) is 0 Å². The van der Waals surface area contributed by atoms with Crippen LogP contribution in [0.1, 0.15) is 44.1 Å². The number of rotatable bonds is 5. The molecule has 0 radical (unpaired) electrons. The van der Waals surface area contributed by atoms with E-state index in [9.17, 15) is 9.59 Å². The maximum atomic E-state index is 12.7. The van der Waals surface area contributed by atoms with Crippen LogP contribution in [0.2, 0.25) is 0 Å². The van der Waals surface area contributed by atoms with Crippen molar-refractivity contribution < 1.29 is 9.59 Å². The number of hydrogen-bond acceptors (Lipinski definition) is 4. The van der Waals surface area contributed by atoms with Gasteiger partial charge in [-0.2, -0.15) is 0 Å². The number of hydrogen-bond donors (Lipinski definition) is 0. The summed E-state index contributed by atoms with van der Waals surface area (Å²) in [6.45, 7) is 3.74. The van der Waals surface area contributed by atoms with Crippen LogP contribution in [-0.2, 0) is 16.1 Å². The van der Waals surface area contributed by atoms with E-state index in [1.54, 1.807) is 6.20 Å².